The van der Waals surface area contributed by atoms with Crippen molar-refractivity contribution in [1.82, 2.24) is 15.0 Å². The quantitative estimate of drug-likeness (QED) is 0.198. The number of aliphatic carboxylic acids is 1. The lowest BCUT2D eigenvalue weighted by molar-refractivity contribution is -0.138. The molecule has 1 aromatic carbocycles. The summed E-state index contributed by atoms with van der Waals surface area (Å²) in [5.41, 5.74) is -0.282. The minimum Gasteiger partial charge on any atom is -0.481 e. The standard InChI is InChI=1S/C20H22ClN3O9S2/c21-17-8-14(10-23-20(17)29)19(28)22-5-2-6-34(30,31)12-13-3-1-4-16(7-13)35(32,33)24-15(11-25)9-18(26)27/h1,3-4,7-8,10-11,15,24H,2,5-6,9,12H2,(H,22,28)(H,23,29)(H,26,27)/t15-/m0/s1. The van der Waals surface area contributed by atoms with Gasteiger partial charge in [-0.3, -0.25) is 14.4 Å². The lowest BCUT2D eigenvalue weighted by Gasteiger charge is -2.12. The fourth-order valence-corrected chi connectivity index (χ4v) is 5.71. The highest BCUT2D eigenvalue weighted by Crippen LogP contribution is 2.15. The van der Waals surface area contributed by atoms with Gasteiger partial charge in [0.1, 0.15) is 11.3 Å². The molecular weight excluding hydrogens is 526 g/mol. The van der Waals surface area contributed by atoms with Crippen molar-refractivity contribution in [2.24, 2.45) is 0 Å². The molecule has 15 heteroatoms. The van der Waals surface area contributed by atoms with Crippen molar-refractivity contribution < 1.29 is 36.3 Å². The fourth-order valence-electron chi connectivity index (χ4n) is 2.88. The van der Waals surface area contributed by atoms with Gasteiger partial charge in [-0.15, -0.1) is 0 Å². The molecule has 1 heterocycles. The van der Waals surface area contributed by atoms with E-state index in [1.807, 2.05) is 4.72 Å². The first-order valence-electron chi connectivity index (χ1n) is 9.98. The number of aldehydes is 1. The summed E-state index contributed by atoms with van der Waals surface area (Å²) in [5, 5.41) is 11.1. The number of benzene rings is 1. The van der Waals surface area contributed by atoms with E-state index in [-0.39, 0.29) is 46.0 Å². The Labute approximate surface area is 205 Å². The molecule has 0 fully saturated rings. The topological polar surface area (TPSA) is 197 Å². The number of hydrogen-bond donors (Lipinski definition) is 4. The molecular formula is C20H22ClN3O9S2. The fraction of sp³-hybridized carbons (Fsp3) is 0.300. The lowest BCUT2D eigenvalue weighted by atomic mass is 10.2. The number of carboxylic acid groups (broad SMARTS) is 1. The molecule has 0 saturated heterocycles. The van der Waals surface area contributed by atoms with Crippen molar-refractivity contribution in [1.29, 1.82) is 0 Å². The van der Waals surface area contributed by atoms with Crippen molar-refractivity contribution in [3.05, 3.63) is 63.0 Å². The predicted octanol–water partition coefficient (Wildman–Crippen LogP) is 0.0837. The first-order valence-corrected chi connectivity index (χ1v) is 13.7. The minimum atomic E-state index is -4.28. The van der Waals surface area contributed by atoms with Crippen molar-refractivity contribution >= 4 is 49.6 Å². The Morgan fingerprint density at radius 2 is 1.89 bits per heavy atom. The number of carbonyl (C=O) groups is 3. The number of amides is 1. The van der Waals surface area contributed by atoms with Crippen molar-refractivity contribution in [3.8, 4) is 0 Å². The molecule has 2 aromatic rings. The molecule has 1 atom stereocenters. The summed E-state index contributed by atoms with van der Waals surface area (Å²) in [6.07, 6.45) is 0.656. The SMILES string of the molecule is O=C[C@H](CC(=O)O)NS(=O)(=O)c1cccc(CS(=O)(=O)CCCNC(=O)c2c[nH]c(=O)c(Cl)c2)c1. The van der Waals surface area contributed by atoms with E-state index < -0.39 is 55.5 Å². The third kappa shape index (κ3) is 8.90. The highest BCUT2D eigenvalue weighted by atomic mass is 35.5. The molecule has 0 aliphatic heterocycles. The largest absolute Gasteiger partial charge is 0.481 e. The van der Waals surface area contributed by atoms with Gasteiger partial charge >= 0.3 is 5.97 Å². The summed E-state index contributed by atoms with van der Waals surface area (Å²) in [7, 11) is -7.96. The maximum Gasteiger partial charge on any atom is 0.305 e. The second-order valence-corrected chi connectivity index (χ2v) is 11.7. The average Bonchev–Trinajstić information content (AvgIpc) is 2.77. The van der Waals surface area contributed by atoms with E-state index in [1.54, 1.807) is 0 Å². The van der Waals surface area contributed by atoms with Crippen LogP contribution >= 0.6 is 11.6 Å². The number of aromatic amines is 1. The number of sulfonamides is 1. The molecule has 1 amide bonds. The van der Waals surface area contributed by atoms with E-state index in [1.165, 1.54) is 30.5 Å². The summed E-state index contributed by atoms with van der Waals surface area (Å²) >= 11 is 5.66. The van der Waals surface area contributed by atoms with Gasteiger partial charge in [-0.25, -0.2) is 21.6 Å². The van der Waals surface area contributed by atoms with Gasteiger partial charge in [-0.05, 0) is 30.2 Å². The van der Waals surface area contributed by atoms with Gasteiger partial charge in [-0.2, -0.15) is 0 Å². The maximum atomic E-state index is 12.5. The van der Waals surface area contributed by atoms with E-state index >= 15 is 0 Å². The first-order chi connectivity index (χ1) is 16.3. The zero-order chi connectivity index (χ0) is 26.2. The second-order valence-electron chi connectivity index (χ2n) is 7.38. The molecule has 0 aliphatic carbocycles. The van der Waals surface area contributed by atoms with Gasteiger partial charge in [0.2, 0.25) is 10.0 Å². The van der Waals surface area contributed by atoms with Gasteiger partial charge in [-0.1, -0.05) is 23.7 Å². The van der Waals surface area contributed by atoms with E-state index in [0.29, 0.717) is 0 Å². The van der Waals surface area contributed by atoms with E-state index in [9.17, 15) is 36.0 Å². The van der Waals surface area contributed by atoms with Gasteiger partial charge in [0, 0.05) is 12.7 Å². The summed E-state index contributed by atoms with van der Waals surface area (Å²) in [5.74, 6) is -2.71. The average molecular weight is 548 g/mol. The van der Waals surface area contributed by atoms with Gasteiger partial charge < -0.3 is 20.2 Å². The van der Waals surface area contributed by atoms with Crippen LogP contribution in [0.2, 0.25) is 5.02 Å². The van der Waals surface area contributed by atoms with Crippen LogP contribution in [0, 0.1) is 0 Å². The zero-order valence-electron chi connectivity index (χ0n) is 18.1. The van der Waals surface area contributed by atoms with Crippen molar-refractivity contribution in [2.75, 3.05) is 12.3 Å². The van der Waals surface area contributed by atoms with Crippen LogP contribution in [0.15, 0.2) is 46.2 Å². The molecule has 0 aliphatic rings. The number of sulfone groups is 1. The van der Waals surface area contributed by atoms with E-state index in [2.05, 4.69) is 10.3 Å². The van der Waals surface area contributed by atoms with Gasteiger partial charge in [0.05, 0.1) is 34.4 Å². The lowest BCUT2D eigenvalue weighted by Crippen LogP contribution is -2.37. The maximum absolute atomic E-state index is 12.5. The smallest absolute Gasteiger partial charge is 0.305 e. The van der Waals surface area contributed by atoms with Gasteiger partial charge in [0.15, 0.2) is 9.84 Å². The molecule has 35 heavy (non-hydrogen) atoms. The first kappa shape index (κ1) is 28.2. The Kier molecular flexibility index (Phi) is 9.71. The van der Waals surface area contributed by atoms with Crippen LogP contribution in [-0.4, -0.2) is 63.4 Å². The minimum absolute atomic E-state index is 0.0177. The second kappa shape index (κ2) is 12.1. The van der Waals surface area contributed by atoms with Crippen LogP contribution in [0.1, 0.15) is 28.8 Å². The normalized spacial score (nSPS) is 12.6. The predicted molar refractivity (Wildman–Crippen MR) is 125 cm³/mol. The number of aromatic nitrogens is 1. The number of nitrogens with one attached hydrogen (secondary N) is 3. The number of pyridine rings is 1. The summed E-state index contributed by atoms with van der Waals surface area (Å²) < 4.78 is 51.8. The van der Waals surface area contributed by atoms with Crippen molar-refractivity contribution in [2.45, 2.75) is 29.5 Å². The molecule has 0 bridgehead atoms. The Balaban J connectivity index is 1.96. The van der Waals surface area contributed by atoms with Crippen molar-refractivity contribution in [3.63, 3.8) is 0 Å². The van der Waals surface area contributed by atoms with E-state index in [4.69, 9.17) is 16.7 Å². The number of H-pyrrole nitrogens is 1. The summed E-state index contributed by atoms with van der Waals surface area (Å²) in [6, 6.07) is 4.73. The van der Waals surface area contributed by atoms with E-state index in [0.717, 1.165) is 6.07 Å². The van der Waals surface area contributed by atoms with Crippen LogP contribution in [-0.2, 0) is 35.2 Å². The van der Waals surface area contributed by atoms with Crippen LogP contribution in [0.5, 0.6) is 0 Å². The monoisotopic (exact) mass is 547 g/mol. The summed E-state index contributed by atoms with van der Waals surface area (Å²) in [6.45, 7) is 0.0177. The number of carboxylic acids is 1. The Bertz CT molecular complexity index is 1370. The third-order valence-corrected chi connectivity index (χ3v) is 7.95. The van der Waals surface area contributed by atoms with Crippen LogP contribution in [0.25, 0.3) is 0 Å². The molecule has 12 nitrogen and oxygen atoms in total. The Morgan fingerprint density at radius 3 is 2.51 bits per heavy atom. The number of halogens is 1. The molecule has 0 spiro atoms. The molecule has 0 radical (unpaired) electrons. The van der Waals surface area contributed by atoms with Crippen LogP contribution in [0.4, 0.5) is 0 Å². The number of rotatable bonds is 13. The molecule has 4 N–H and O–H groups in total. The molecule has 0 saturated carbocycles. The highest BCUT2D eigenvalue weighted by molar-refractivity contribution is 7.90. The molecule has 190 valence electrons. The Hall–Kier alpha value is -3.07. The van der Waals surface area contributed by atoms with Crippen LogP contribution in [0.3, 0.4) is 0 Å². The number of carbonyl (C=O) groups excluding carboxylic acids is 2. The molecule has 2 rings (SSSR count). The van der Waals surface area contributed by atoms with Gasteiger partial charge in [0.25, 0.3) is 11.5 Å². The highest BCUT2D eigenvalue weighted by Gasteiger charge is 2.23. The molecule has 0 unspecified atom stereocenters. The summed E-state index contributed by atoms with van der Waals surface area (Å²) in [4.78, 5) is 47.0. The third-order valence-electron chi connectivity index (χ3n) is 4.50. The molecule has 1 aromatic heterocycles. The van der Waals surface area contributed by atoms with Crippen LogP contribution < -0.4 is 15.6 Å². The number of hydrogen-bond acceptors (Lipinski definition) is 8. The Morgan fingerprint density at radius 1 is 1.17 bits per heavy atom. The zero-order valence-corrected chi connectivity index (χ0v) is 20.5.